The van der Waals surface area contributed by atoms with Crippen LogP contribution in [-0.2, 0) is 0 Å². The lowest BCUT2D eigenvalue weighted by Crippen LogP contribution is -1.82. The summed E-state index contributed by atoms with van der Waals surface area (Å²) in [5.74, 6) is 1.57. The fourth-order valence-electron chi connectivity index (χ4n) is 2.38. The van der Waals surface area contributed by atoms with E-state index >= 15 is 0 Å². The normalized spacial score (nSPS) is 10.8. The highest BCUT2D eigenvalue weighted by Gasteiger charge is 2.14. The summed E-state index contributed by atoms with van der Waals surface area (Å²) in [6.45, 7) is 0. The Labute approximate surface area is 148 Å². The van der Waals surface area contributed by atoms with Gasteiger partial charge in [0.15, 0.2) is 0 Å². The molecule has 25 heavy (non-hydrogen) atoms. The zero-order chi connectivity index (χ0) is 17.2. The summed E-state index contributed by atoms with van der Waals surface area (Å²) in [6.07, 6.45) is 0. The van der Waals surface area contributed by atoms with Crippen molar-refractivity contribution in [3.8, 4) is 40.0 Å². The van der Waals surface area contributed by atoms with Crippen LogP contribution in [0.3, 0.4) is 0 Å². The minimum absolute atomic E-state index is 0.374. The molecule has 0 aliphatic rings. The molecule has 0 fully saturated rings. The van der Waals surface area contributed by atoms with Crippen molar-refractivity contribution >= 4 is 11.6 Å². The lowest BCUT2D eigenvalue weighted by molar-refractivity contribution is 0.415. The zero-order valence-corrected chi connectivity index (χ0v) is 14.0. The van der Waals surface area contributed by atoms with Gasteiger partial charge in [-0.15, -0.1) is 10.2 Å². The van der Waals surface area contributed by atoms with E-state index in [-0.39, 0.29) is 0 Å². The molecule has 2 heterocycles. The Bertz CT molecular complexity index is 991. The van der Waals surface area contributed by atoms with Crippen molar-refractivity contribution in [3.63, 3.8) is 0 Å². The Balaban J connectivity index is 1.60. The first-order valence-corrected chi connectivity index (χ1v) is 7.90. The summed E-state index contributed by atoms with van der Waals surface area (Å²) in [5.41, 5.74) is 3.19. The molecule has 0 saturated carbocycles. The van der Waals surface area contributed by atoms with Crippen molar-refractivity contribution in [2.45, 2.75) is 0 Å². The molecule has 6 nitrogen and oxygen atoms in total. The number of nitrogens with one attached hydrogen (secondary N) is 1. The lowest BCUT2D eigenvalue weighted by atomic mass is 10.1. The fourth-order valence-corrected chi connectivity index (χ4v) is 2.51. The van der Waals surface area contributed by atoms with Gasteiger partial charge in [-0.2, -0.15) is 5.10 Å². The number of hydrogen-bond donors (Lipinski definition) is 1. The summed E-state index contributed by atoms with van der Waals surface area (Å²) >= 11 is 5.91. The van der Waals surface area contributed by atoms with Crippen molar-refractivity contribution < 1.29 is 9.15 Å². The standard InChI is InChI=1S/C18H13ClN4O2/c1-24-14-8-4-12(5-9-14)17-22-23-18(25-17)16-10-15(20-21-16)11-2-6-13(19)7-3-11/h2-10H,1H3,(H,20,21). The number of methoxy groups -OCH3 is 1. The van der Waals surface area contributed by atoms with Gasteiger partial charge in [0.1, 0.15) is 11.4 Å². The van der Waals surface area contributed by atoms with Crippen LogP contribution in [0, 0.1) is 0 Å². The molecular formula is C18H13ClN4O2. The first kappa shape index (κ1) is 15.4. The molecule has 0 aliphatic carbocycles. The smallest absolute Gasteiger partial charge is 0.266 e. The predicted molar refractivity (Wildman–Crippen MR) is 94.3 cm³/mol. The van der Waals surface area contributed by atoms with Crippen molar-refractivity contribution in [1.82, 2.24) is 20.4 Å². The maximum Gasteiger partial charge on any atom is 0.266 e. The number of aromatic nitrogens is 4. The number of H-pyrrole nitrogens is 1. The molecule has 0 atom stereocenters. The third-order valence-corrected chi connectivity index (χ3v) is 3.96. The van der Waals surface area contributed by atoms with Gasteiger partial charge in [0.2, 0.25) is 5.89 Å². The summed E-state index contributed by atoms with van der Waals surface area (Å²) < 4.78 is 10.9. The van der Waals surface area contributed by atoms with E-state index in [0.717, 1.165) is 22.6 Å². The van der Waals surface area contributed by atoms with Crippen LogP contribution < -0.4 is 4.74 Å². The first-order chi connectivity index (χ1) is 12.2. The van der Waals surface area contributed by atoms with E-state index in [0.29, 0.717) is 22.5 Å². The Morgan fingerprint density at radius 2 is 1.60 bits per heavy atom. The van der Waals surface area contributed by atoms with Crippen LogP contribution in [0.15, 0.2) is 59.0 Å². The second-order valence-corrected chi connectivity index (χ2v) is 5.75. The molecule has 0 bridgehead atoms. The molecule has 0 amide bonds. The van der Waals surface area contributed by atoms with Gasteiger partial charge in [-0.3, -0.25) is 5.10 Å². The second-order valence-electron chi connectivity index (χ2n) is 5.31. The highest BCUT2D eigenvalue weighted by Crippen LogP contribution is 2.27. The summed E-state index contributed by atoms with van der Waals surface area (Å²) in [7, 11) is 1.62. The van der Waals surface area contributed by atoms with E-state index in [1.165, 1.54) is 0 Å². The lowest BCUT2D eigenvalue weighted by Gasteiger charge is -1.99. The van der Waals surface area contributed by atoms with Crippen molar-refractivity contribution in [2.24, 2.45) is 0 Å². The molecule has 0 aliphatic heterocycles. The van der Waals surface area contributed by atoms with E-state index in [4.69, 9.17) is 20.8 Å². The molecule has 0 spiro atoms. The van der Waals surface area contributed by atoms with Crippen LogP contribution >= 0.6 is 11.6 Å². The number of halogens is 1. The van der Waals surface area contributed by atoms with Gasteiger partial charge >= 0.3 is 0 Å². The van der Waals surface area contributed by atoms with E-state index in [1.807, 2.05) is 54.6 Å². The summed E-state index contributed by atoms with van der Waals surface area (Å²) in [5, 5.41) is 16.1. The van der Waals surface area contributed by atoms with Gasteiger partial charge in [-0.1, -0.05) is 23.7 Å². The van der Waals surface area contributed by atoms with E-state index in [2.05, 4.69) is 20.4 Å². The Morgan fingerprint density at radius 1 is 0.920 bits per heavy atom. The Kier molecular flexibility index (Phi) is 3.95. The third-order valence-electron chi connectivity index (χ3n) is 3.71. The highest BCUT2D eigenvalue weighted by molar-refractivity contribution is 6.30. The van der Waals surface area contributed by atoms with Crippen LogP contribution in [-0.4, -0.2) is 27.5 Å². The monoisotopic (exact) mass is 352 g/mol. The molecule has 7 heteroatoms. The summed E-state index contributed by atoms with van der Waals surface area (Å²) in [4.78, 5) is 0. The molecule has 4 rings (SSSR count). The zero-order valence-electron chi connectivity index (χ0n) is 13.2. The minimum atomic E-state index is 0.374. The molecular weight excluding hydrogens is 340 g/mol. The van der Waals surface area contributed by atoms with Crippen molar-refractivity contribution in [2.75, 3.05) is 7.11 Å². The molecule has 1 N–H and O–H groups in total. The van der Waals surface area contributed by atoms with Crippen LogP contribution in [0.4, 0.5) is 0 Å². The van der Waals surface area contributed by atoms with Gasteiger partial charge in [0.05, 0.1) is 12.8 Å². The topological polar surface area (TPSA) is 76.8 Å². The van der Waals surface area contributed by atoms with Gasteiger partial charge in [0, 0.05) is 16.1 Å². The van der Waals surface area contributed by atoms with Gasteiger partial charge in [0.25, 0.3) is 5.89 Å². The second kappa shape index (κ2) is 6.41. The Morgan fingerprint density at radius 3 is 2.32 bits per heavy atom. The minimum Gasteiger partial charge on any atom is -0.497 e. The number of nitrogens with zero attached hydrogens (tertiary/aromatic N) is 3. The fraction of sp³-hybridized carbons (Fsp3) is 0.0556. The molecule has 4 aromatic rings. The first-order valence-electron chi connectivity index (χ1n) is 7.52. The number of aromatic amines is 1. The van der Waals surface area contributed by atoms with Crippen LogP contribution in [0.5, 0.6) is 5.75 Å². The summed E-state index contributed by atoms with van der Waals surface area (Å²) in [6, 6.07) is 16.7. The molecule has 2 aromatic heterocycles. The van der Waals surface area contributed by atoms with Gasteiger partial charge in [-0.05, 0) is 42.5 Å². The number of ether oxygens (including phenoxy) is 1. The van der Waals surface area contributed by atoms with Gasteiger partial charge < -0.3 is 9.15 Å². The Hall–Kier alpha value is -3.12. The van der Waals surface area contributed by atoms with Gasteiger partial charge in [-0.25, -0.2) is 0 Å². The largest absolute Gasteiger partial charge is 0.497 e. The average Bonchev–Trinajstić information content (AvgIpc) is 3.32. The van der Waals surface area contributed by atoms with Crippen molar-refractivity contribution in [3.05, 3.63) is 59.6 Å². The highest BCUT2D eigenvalue weighted by atomic mass is 35.5. The van der Waals surface area contributed by atoms with E-state index in [9.17, 15) is 0 Å². The molecule has 0 unspecified atom stereocenters. The maximum absolute atomic E-state index is 5.91. The maximum atomic E-state index is 5.91. The van der Waals surface area contributed by atoms with E-state index < -0.39 is 0 Å². The van der Waals surface area contributed by atoms with E-state index in [1.54, 1.807) is 7.11 Å². The predicted octanol–water partition coefficient (Wildman–Crippen LogP) is 4.46. The van der Waals surface area contributed by atoms with Crippen LogP contribution in [0.25, 0.3) is 34.3 Å². The number of benzene rings is 2. The quantitative estimate of drug-likeness (QED) is 0.587. The van der Waals surface area contributed by atoms with Crippen LogP contribution in [0.1, 0.15) is 0 Å². The number of hydrogen-bond acceptors (Lipinski definition) is 5. The molecule has 0 radical (unpaired) electrons. The molecule has 0 saturated heterocycles. The molecule has 2 aromatic carbocycles. The third kappa shape index (κ3) is 3.12. The average molecular weight is 353 g/mol. The number of rotatable bonds is 4. The van der Waals surface area contributed by atoms with Crippen molar-refractivity contribution in [1.29, 1.82) is 0 Å². The SMILES string of the molecule is COc1ccc(-c2nnc(-c3cc(-c4ccc(Cl)cc4)n[nH]3)o2)cc1. The van der Waals surface area contributed by atoms with Crippen LogP contribution in [0.2, 0.25) is 5.02 Å². The molecule has 124 valence electrons.